The van der Waals surface area contributed by atoms with E-state index in [1.54, 1.807) is 0 Å². The predicted molar refractivity (Wildman–Crippen MR) is 94.5 cm³/mol. The van der Waals surface area contributed by atoms with Crippen LogP contribution in [0.2, 0.25) is 0 Å². The summed E-state index contributed by atoms with van der Waals surface area (Å²) in [5.41, 5.74) is 1.31. The van der Waals surface area contributed by atoms with Gasteiger partial charge >= 0.3 is 0 Å². The average molecular weight is 350 g/mol. The fraction of sp³-hybridized carbons (Fsp3) is 0.650. The number of carbonyl (C=O) groups is 1. The molecule has 3 nitrogen and oxygen atoms in total. The molecule has 1 aliphatic heterocycles. The molecule has 1 aliphatic carbocycles. The number of hydrogen-bond acceptors (Lipinski definition) is 2. The number of nitrogens with one attached hydrogen (secondary N) is 1. The van der Waals surface area contributed by atoms with Crippen LogP contribution < -0.4 is 5.32 Å². The zero-order valence-corrected chi connectivity index (χ0v) is 14.9. The van der Waals surface area contributed by atoms with Gasteiger partial charge in [-0.05, 0) is 38.2 Å². The first-order chi connectivity index (χ1) is 11.9. The molecular formula is C20H28F2N2O. The molecule has 1 saturated carbocycles. The molecule has 1 aromatic rings. The van der Waals surface area contributed by atoms with Crippen LogP contribution in [0.25, 0.3) is 0 Å². The number of benzene rings is 1. The first-order valence-corrected chi connectivity index (χ1v) is 9.42. The molecule has 2 aliphatic rings. The molecule has 2 fully saturated rings. The monoisotopic (exact) mass is 350 g/mol. The maximum Gasteiger partial charge on any atom is 0.248 e. The minimum atomic E-state index is -2.57. The second-order valence-electron chi connectivity index (χ2n) is 7.54. The summed E-state index contributed by atoms with van der Waals surface area (Å²) in [5.74, 6) is -2.83. The van der Waals surface area contributed by atoms with E-state index in [4.69, 9.17) is 0 Å². The lowest BCUT2D eigenvalue weighted by Crippen LogP contribution is -2.47. The molecule has 1 unspecified atom stereocenters. The zero-order chi connectivity index (χ0) is 17.9. The van der Waals surface area contributed by atoms with Crippen LogP contribution in [0.3, 0.4) is 0 Å². The highest BCUT2D eigenvalue weighted by molar-refractivity contribution is 5.79. The molecule has 1 N–H and O–H groups in total. The summed E-state index contributed by atoms with van der Waals surface area (Å²) in [5, 5.41) is 3.10. The van der Waals surface area contributed by atoms with Crippen LogP contribution in [0.4, 0.5) is 8.78 Å². The first-order valence-electron chi connectivity index (χ1n) is 9.42. The van der Waals surface area contributed by atoms with E-state index in [1.165, 1.54) is 5.56 Å². The number of carbonyl (C=O) groups excluding carboxylic acids is 1. The van der Waals surface area contributed by atoms with Gasteiger partial charge in [0.1, 0.15) is 0 Å². The van der Waals surface area contributed by atoms with Gasteiger partial charge in [0, 0.05) is 43.9 Å². The minimum Gasteiger partial charge on any atom is -0.353 e. The third-order valence-corrected chi connectivity index (χ3v) is 5.79. The second-order valence-corrected chi connectivity index (χ2v) is 7.54. The number of likely N-dealkylation sites (tertiary alicyclic amines) is 1. The van der Waals surface area contributed by atoms with Gasteiger partial charge in [-0.1, -0.05) is 30.3 Å². The lowest BCUT2D eigenvalue weighted by Gasteiger charge is -2.37. The van der Waals surface area contributed by atoms with Crippen molar-refractivity contribution >= 4 is 5.91 Å². The molecule has 0 radical (unpaired) electrons. The number of amides is 1. The molecule has 0 spiro atoms. The van der Waals surface area contributed by atoms with Crippen molar-refractivity contribution in [2.45, 2.75) is 63.5 Å². The minimum absolute atomic E-state index is 0.0231. The highest BCUT2D eigenvalue weighted by atomic mass is 19.3. The maximum absolute atomic E-state index is 13.2. The summed E-state index contributed by atoms with van der Waals surface area (Å²) in [6.45, 7) is 4.12. The SMILES string of the molecule is CC(c1ccccc1)N1CCC(NC(=O)C2CCC(F)(F)CC2)CC1. The molecule has 1 heterocycles. The van der Waals surface area contributed by atoms with Crippen LogP contribution in [-0.2, 0) is 4.79 Å². The van der Waals surface area contributed by atoms with Gasteiger partial charge in [0.05, 0.1) is 0 Å². The molecule has 25 heavy (non-hydrogen) atoms. The highest BCUT2D eigenvalue weighted by Gasteiger charge is 2.38. The van der Waals surface area contributed by atoms with Gasteiger partial charge in [0.15, 0.2) is 0 Å². The third kappa shape index (κ3) is 4.78. The van der Waals surface area contributed by atoms with Gasteiger partial charge in [-0.2, -0.15) is 0 Å². The van der Waals surface area contributed by atoms with E-state index in [2.05, 4.69) is 41.4 Å². The Kier molecular flexibility index (Phi) is 5.72. The first kappa shape index (κ1) is 18.3. The highest BCUT2D eigenvalue weighted by Crippen LogP contribution is 2.36. The van der Waals surface area contributed by atoms with Gasteiger partial charge < -0.3 is 5.32 Å². The van der Waals surface area contributed by atoms with E-state index in [0.29, 0.717) is 18.9 Å². The van der Waals surface area contributed by atoms with E-state index in [0.717, 1.165) is 25.9 Å². The molecule has 1 aromatic carbocycles. The van der Waals surface area contributed by atoms with Crippen molar-refractivity contribution in [2.24, 2.45) is 5.92 Å². The summed E-state index contributed by atoms with van der Waals surface area (Å²) in [6.07, 6.45) is 2.15. The Morgan fingerprint density at radius 2 is 1.72 bits per heavy atom. The zero-order valence-electron chi connectivity index (χ0n) is 14.9. The Bertz CT molecular complexity index is 560. The third-order valence-electron chi connectivity index (χ3n) is 5.79. The Hall–Kier alpha value is -1.49. The number of alkyl halides is 2. The van der Waals surface area contributed by atoms with Crippen LogP contribution in [-0.4, -0.2) is 35.9 Å². The smallest absolute Gasteiger partial charge is 0.248 e. The van der Waals surface area contributed by atoms with Gasteiger partial charge in [-0.15, -0.1) is 0 Å². The van der Waals surface area contributed by atoms with Crippen molar-refractivity contribution in [3.05, 3.63) is 35.9 Å². The second kappa shape index (κ2) is 7.81. The van der Waals surface area contributed by atoms with Gasteiger partial charge in [0.25, 0.3) is 0 Å². The summed E-state index contributed by atoms with van der Waals surface area (Å²) in [4.78, 5) is 14.8. The Labute approximate surface area is 148 Å². The van der Waals surface area contributed by atoms with Crippen LogP contribution >= 0.6 is 0 Å². The summed E-state index contributed by atoms with van der Waals surface area (Å²) in [7, 11) is 0. The number of halogens is 2. The number of rotatable bonds is 4. The lowest BCUT2D eigenvalue weighted by atomic mass is 9.86. The maximum atomic E-state index is 13.2. The van der Waals surface area contributed by atoms with Crippen LogP contribution in [0.15, 0.2) is 30.3 Å². The van der Waals surface area contributed by atoms with Crippen LogP contribution in [0.1, 0.15) is 57.1 Å². The molecule has 1 atom stereocenters. The van der Waals surface area contributed by atoms with Crippen molar-refractivity contribution in [2.75, 3.05) is 13.1 Å². The van der Waals surface area contributed by atoms with E-state index in [9.17, 15) is 13.6 Å². The van der Waals surface area contributed by atoms with Gasteiger partial charge in [0.2, 0.25) is 11.8 Å². The number of nitrogens with zero attached hydrogens (tertiary/aromatic N) is 1. The Balaban J connectivity index is 1.44. The quantitative estimate of drug-likeness (QED) is 0.885. The van der Waals surface area contributed by atoms with Crippen molar-refractivity contribution in [1.29, 1.82) is 0 Å². The molecular weight excluding hydrogens is 322 g/mol. The normalized spacial score (nSPS) is 24.0. The van der Waals surface area contributed by atoms with Crippen molar-refractivity contribution in [1.82, 2.24) is 10.2 Å². The molecule has 138 valence electrons. The molecule has 3 rings (SSSR count). The van der Waals surface area contributed by atoms with Crippen molar-refractivity contribution in [3.8, 4) is 0 Å². The topological polar surface area (TPSA) is 32.3 Å². The standard InChI is InChI=1S/C20H28F2N2O/c1-15(16-5-3-2-4-6-16)24-13-9-18(10-14-24)23-19(25)17-7-11-20(21,22)12-8-17/h2-6,15,17-18H,7-14H2,1H3,(H,23,25). The molecule has 0 aromatic heterocycles. The summed E-state index contributed by atoms with van der Waals surface area (Å²) < 4.78 is 26.4. The van der Waals surface area contributed by atoms with E-state index in [1.807, 2.05) is 6.07 Å². The summed E-state index contributed by atoms with van der Waals surface area (Å²) >= 11 is 0. The number of piperidine rings is 1. The Morgan fingerprint density at radius 1 is 1.12 bits per heavy atom. The number of hydrogen-bond donors (Lipinski definition) is 1. The van der Waals surface area contributed by atoms with E-state index in [-0.39, 0.29) is 30.7 Å². The molecule has 5 heteroatoms. The van der Waals surface area contributed by atoms with Crippen molar-refractivity contribution in [3.63, 3.8) is 0 Å². The molecule has 0 bridgehead atoms. The van der Waals surface area contributed by atoms with E-state index >= 15 is 0 Å². The van der Waals surface area contributed by atoms with Crippen LogP contribution in [0.5, 0.6) is 0 Å². The average Bonchev–Trinajstić information content (AvgIpc) is 2.62. The summed E-state index contributed by atoms with van der Waals surface area (Å²) in [6, 6.07) is 11.0. The lowest BCUT2D eigenvalue weighted by molar-refractivity contribution is -0.130. The van der Waals surface area contributed by atoms with Gasteiger partial charge in [-0.3, -0.25) is 9.69 Å². The largest absolute Gasteiger partial charge is 0.353 e. The fourth-order valence-corrected chi connectivity index (χ4v) is 3.99. The molecule has 1 saturated heterocycles. The Morgan fingerprint density at radius 3 is 2.32 bits per heavy atom. The van der Waals surface area contributed by atoms with Gasteiger partial charge in [-0.25, -0.2) is 8.78 Å². The predicted octanol–water partition coefficient (Wildman–Crippen LogP) is 4.15. The van der Waals surface area contributed by atoms with Crippen molar-refractivity contribution < 1.29 is 13.6 Å². The van der Waals surface area contributed by atoms with Crippen LogP contribution in [0, 0.1) is 5.92 Å². The fourth-order valence-electron chi connectivity index (χ4n) is 3.99. The van der Waals surface area contributed by atoms with E-state index < -0.39 is 5.92 Å². The molecule has 1 amide bonds.